The van der Waals surface area contributed by atoms with Gasteiger partial charge in [0.1, 0.15) is 24.2 Å². The lowest BCUT2D eigenvalue weighted by atomic mass is 10.0. The van der Waals surface area contributed by atoms with Crippen molar-refractivity contribution in [2.24, 2.45) is 11.5 Å². The molecule has 2 aromatic rings. The lowest BCUT2D eigenvalue weighted by Crippen LogP contribution is -2.58. The van der Waals surface area contributed by atoms with E-state index in [0.29, 0.717) is 32.2 Å². The van der Waals surface area contributed by atoms with E-state index in [2.05, 4.69) is 15.6 Å². The van der Waals surface area contributed by atoms with Crippen LogP contribution in [-0.2, 0) is 25.6 Å². The predicted octanol–water partition coefficient (Wildman–Crippen LogP) is -0.407. The SMILES string of the molecule is CC(O)C(N)C(=O)NC(Cc1c[nH]c2ccccc12)C(=O)N1CCCC1C(=O)NC(CCCCN)C(=O)O. The third kappa shape index (κ3) is 7.09. The lowest BCUT2D eigenvalue weighted by molar-refractivity contribution is -0.145. The zero-order valence-corrected chi connectivity index (χ0v) is 21.6. The van der Waals surface area contributed by atoms with Gasteiger partial charge in [0.05, 0.1) is 6.10 Å². The van der Waals surface area contributed by atoms with Gasteiger partial charge < -0.3 is 42.2 Å². The molecule has 1 aromatic carbocycles. The minimum Gasteiger partial charge on any atom is -0.480 e. The standard InChI is InChI=1S/C26H38N6O6/c1-15(33)22(28)24(35)31-20(13-16-14-29-18-8-3-2-7-17(16)18)25(36)32-12-6-10-21(32)23(34)30-19(26(37)38)9-4-5-11-27/h2-3,7-8,14-15,19-22,29,33H,4-6,9-13,27-28H2,1H3,(H,30,34)(H,31,35)(H,37,38). The van der Waals surface area contributed by atoms with Gasteiger partial charge in [-0.2, -0.15) is 0 Å². The van der Waals surface area contributed by atoms with Crippen molar-refractivity contribution in [3.05, 3.63) is 36.0 Å². The number of hydrogen-bond acceptors (Lipinski definition) is 7. The monoisotopic (exact) mass is 530 g/mol. The molecule has 0 aliphatic carbocycles. The molecule has 0 saturated carbocycles. The van der Waals surface area contributed by atoms with Gasteiger partial charge in [-0.25, -0.2) is 4.79 Å². The molecule has 3 amide bonds. The molecule has 12 heteroatoms. The van der Waals surface area contributed by atoms with E-state index in [1.54, 1.807) is 6.20 Å². The van der Waals surface area contributed by atoms with Crippen LogP contribution in [0.1, 0.15) is 44.6 Å². The number of unbranched alkanes of at least 4 members (excludes halogenated alkanes) is 1. The van der Waals surface area contributed by atoms with Crippen LogP contribution in [0.15, 0.2) is 30.5 Å². The molecule has 1 aliphatic rings. The van der Waals surface area contributed by atoms with Crippen molar-refractivity contribution in [2.75, 3.05) is 13.1 Å². The van der Waals surface area contributed by atoms with Gasteiger partial charge in [0.15, 0.2) is 0 Å². The van der Waals surface area contributed by atoms with Crippen molar-refractivity contribution in [1.29, 1.82) is 0 Å². The van der Waals surface area contributed by atoms with E-state index in [4.69, 9.17) is 11.5 Å². The largest absolute Gasteiger partial charge is 0.480 e. The summed E-state index contributed by atoms with van der Waals surface area (Å²) in [4.78, 5) is 55.8. The smallest absolute Gasteiger partial charge is 0.326 e. The molecule has 1 saturated heterocycles. The number of nitrogens with two attached hydrogens (primary N) is 2. The number of aliphatic hydroxyl groups is 1. The van der Waals surface area contributed by atoms with Crippen molar-refractivity contribution in [2.45, 2.75) is 75.7 Å². The predicted molar refractivity (Wildman–Crippen MR) is 141 cm³/mol. The number of carboxylic acid groups (broad SMARTS) is 1. The number of H-pyrrole nitrogens is 1. The molecule has 1 aromatic heterocycles. The molecule has 9 N–H and O–H groups in total. The molecular weight excluding hydrogens is 492 g/mol. The molecule has 38 heavy (non-hydrogen) atoms. The van der Waals surface area contributed by atoms with Crippen molar-refractivity contribution >= 4 is 34.6 Å². The summed E-state index contributed by atoms with van der Waals surface area (Å²) in [5.41, 5.74) is 13.0. The molecule has 0 spiro atoms. The number of benzene rings is 1. The molecule has 3 rings (SSSR count). The second-order valence-electron chi connectivity index (χ2n) is 9.76. The van der Waals surface area contributed by atoms with Gasteiger partial charge in [-0.05, 0) is 57.2 Å². The highest BCUT2D eigenvalue weighted by atomic mass is 16.4. The number of nitrogens with one attached hydrogen (secondary N) is 3. The summed E-state index contributed by atoms with van der Waals surface area (Å²) in [6, 6.07) is 3.29. The summed E-state index contributed by atoms with van der Waals surface area (Å²) in [7, 11) is 0. The van der Waals surface area contributed by atoms with E-state index in [0.717, 1.165) is 16.5 Å². The number of fused-ring (bicyclic) bond motifs is 1. The summed E-state index contributed by atoms with van der Waals surface area (Å²) in [5, 5.41) is 25.4. The maximum absolute atomic E-state index is 13.8. The van der Waals surface area contributed by atoms with Crippen LogP contribution in [0.25, 0.3) is 10.9 Å². The highest BCUT2D eigenvalue weighted by Gasteiger charge is 2.39. The maximum atomic E-state index is 13.8. The second-order valence-corrected chi connectivity index (χ2v) is 9.76. The van der Waals surface area contributed by atoms with Crippen molar-refractivity contribution < 1.29 is 29.4 Å². The Bertz CT molecular complexity index is 1130. The highest BCUT2D eigenvalue weighted by Crippen LogP contribution is 2.23. The molecule has 0 bridgehead atoms. The number of likely N-dealkylation sites (tertiary alicyclic amines) is 1. The summed E-state index contributed by atoms with van der Waals surface area (Å²) >= 11 is 0. The second kappa shape index (κ2) is 13.4. The van der Waals surface area contributed by atoms with Crippen LogP contribution in [0.2, 0.25) is 0 Å². The zero-order valence-electron chi connectivity index (χ0n) is 21.6. The molecule has 1 aliphatic heterocycles. The molecular formula is C26H38N6O6. The first kappa shape index (κ1) is 29.1. The molecule has 12 nitrogen and oxygen atoms in total. The Hall–Kier alpha value is -3.48. The molecule has 2 heterocycles. The van der Waals surface area contributed by atoms with E-state index < -0.39 is 54.0 Å². The maximum Gasteiger partial charge on any atom is 0.326 e. The average molecular weight is 531 g/mol. The quantitative estimate of drug-likeness (QED) is 0.169. The van der Waals surface area contributed by atoms with Gasteiger partial charge in [0.2, 0.25) is 17.7 Å². The summed E-state index contributed by atoms with van der Waals surface area (Å²) in [6.07, 6.45) is 3.09. The number of rotatable bonds is 13. The lowest BCUT2D eigenvalue weighted by Gasteiger charge is -2.30. The molecule has 208 valence electrons. The van der Waals surface area contributed by atoms with Crippen LogP contribution in [0.3, 0.4) is 0 Å². The minimum absolute atomic E-state index is 0.128. The van der Waals surface area contributed by atoms with Gasteiger partial charge in [-0.1, -0.05) is 18.2 Å². The third-order valence-electron chi connectivity index (χ3n) is 6.94. The molecule has 5 atom stereocenters. The first-order valence-corrected chi connectivity index (χ1v) is 13.0. The van der Waals surface area contributed by atoms with Crippen molar-refractivity contribution in [1.82, 2.24) is 20.5 Å². The Morgan fingerprint density at radius 3 is 2.58 bits per heavy atom. The number of nitrogens with zero attached hydrogens (tertiary/aromatic N) is 1. The number of aliphatic carboxylic acids is 1. The number of aromatic amines is 1. The summed E-state index contributed by atoms with van der Waals surface area (Å²) < 4.78 is 0. The van der Waals surface area contributed by atoms with E-state index in [1.165, 1.54) is 11.8 Å². The van der Waals surface area contributed by atoms with Crippen LogP contribution >= 0.6 is 0 Å². The fraction of sp³-hybridized carbons (Fsp3) is 0.538. The van der Waals surface area contributed by atoms with Crippen LogP contribution in [0.5, 0.6) is 0 Å². The van der Waals surface area contributed by atoms with Crippen LogP contribution in [0, 0.1) is 0 Å². The van der Waals surface area contributed by atoms with E-state index in [1.807, 2.05) is 24.3 Å². The normalized spacial score (nSPS) is 18.5. The number of carboxylic acids is 1. The average Bonchev–Trinajstić information content (AvgIpc) is 3.54. The van der Waals surface area contributed by atoms with Gasteiger partial charge in [0.25, 0.3) is 0 Å². The fourth-order valence-corrected chi connectivity index (χ4v) is 4.73. The van der Waals surface area contributed by atoms with Gasteiger partial charge in [0, 0.05) is 30.1 Å². The molecule has 5 unspecified atom stereocenters. The Morgan fingerprint density at radius 1 is 1.16 bits per heavy atom. The molecule has 1 fully saturated rings. The summed E-state index contributed by atoms with van der Waals surface area (Å²) in [6.45, 7) is 2.09. The zero-order chi connectivity index (χ0) is 27.8. The minimum atomic E-state index is -1.24. The Labute approximate surface area is 221 Å². The van der Waals surface area contributed by atoms with Gasteiger partial charge in [-0.15, -0.1) is 0 Å². The number of aliphatic hydroxyl groups excluding tert-OH is 1. The van der Waals surface area contributed by atoms with Gasteiger partial charge >= 0.3 is 5.97 Å². The third-order valence-corrected chi connectivity index (χ3v) is 6.94. The Kier molecular flexibility index (Phi) is 10.2. The Morgan fingerprint density at radius 2 is 1.89 bits per heavy atom. The topological polar surface area (TPSA) is 204 Å². The number of amides is 3. The Balaban J connectivity index is 1.81. The van der Waals surface area contributed by atoms with Crippen molar-refractivity contribution in [3.8, 4) is 0 Å². The van der Waals surface area contributed by atoms with Gasteiger partial charge in [-0.3, -0.25) is 14.4 Å². The summed E-state index contributed by atoms with van der Waals surface area (Å²) in [5.74, 6) is -2.87. The molecule has 0 radical (unpaired) electrons. The van der Waals surface area contributed by atoms with Crippen molar-refractivity contribution in [3.63, 3.8) is 0 Å². The van der Waals surface area contributed by atoms with E-state index in [-0.39, 0.29) is 19.4 Å². The van der Waals surface area contributed by atoms with Crippen LogP contribution in [0.4, 0.5) is 0 Å². The number of carbonyl (C=O) groups excluding carboxylic acids is 3. The first-order chi connectivity index (χ1) is 18.1. The van der Waals surface area contributed by atoms with E-state index >= 15 is 0 Å². The number of para-hydroxylation sites is 1. The fourth-order valence-electron chi connectivity index (χ4n) is 4.73. The first-order valence-electron chi connectivity index (χ1n) is 13.0. The number of aromatic nitrogens is 1. The van der Waals surface area contributed by atoms with Crippen LogP contribution < -0.4 is 22.1 Å². The van der Waals surface area contributed by atoms with E-state index in [9.17, 15) is 29.4 Å². The highest BCUT2D eigenvalue weighted by molar-refractivity contribution is 5.95. The van der Waals surface area contributed by atoms with Crippen LogP contribution in [-0.4, -0.2) is 87.1 Å². The number of carbonyl (C=O) groups is 4. The number of hydrogen-bond donors (Lipinski definition) is 7.